The van der Waals surface area contributed by atoms with Crippen LogP contribution in [0.2, 0.25) is 0 Å². The molecule has 7 nitrogen and oxygen atoms in total. The Labute approximate surface area is 152 Å². The molecule has 1 heterocycles. The highest BCUT2D eigenvalue weighted by Gasteiger charge is 2.34. The normalized spacial score (nSPS) is 18.2. The standard InChI is InChI=1S/C14H22BrN3O4S2/c1-3-16(4-2)24(21,22)18-11-9-17(10-12-18)23(19,20)14-7-5-13(15)6-8-14/h5-8H,3-4,9-12H2,1-2H3. The molecule has 1 aromatic rings. The van der Waals surface area contributed by atoms with Gasteiger partial charge in [-0.1, -0.05) is 29.8 Å². The molecule has 1 aliphatic rings. The fraction of sp³-hybridized carbons (Fsp3) is 0.571. The van der Waals surface area contributed by atoms with E-state index < -0.39 is 20.2 Å². The second-order valence-corrected chi connectivity index (χ2v) is 10.1. The average molecular weight is 440 g/mol. The fourth-order valence-corrected chi connectivity index (χ4v) is 5.90. The maximum absolute atomic E-state index is 12.6. The van der Waals surface area contributed by atoms with E-state index in [4.69, 9.17) is 0 Å². The summed E-state index contributed by atoms with van der Waals surface area (Å²) in [7, 11) is -7.13. The number of nitrogens with zero attached hydrogens (tertiary/aromatic N) is 3. The highest BCUT2D eigenvalue weighted by atomic mass is 79.9. The molecule has 0 N–H and O–H groups in total. The highest BCUT2D eigenvalue weighted by Crippen LogP contribution is 2.21. The molecule has 0 saturated carbocycles. The van der Waals surface area contributed by atoms with Crippen LogP contribution in [0, 0.1) is 0 Å². The molecule has 0 unspecified atom stereocenters. The first kappa shape index (κ1) is 19.8. The van der Waals surface area contributed by atoms with E-state index in [0.717, 1.165) is 4.47 Å². The van der Waals surface area contributed by atoms with Gasteiger partial charge in [0.25, 0.3) is 10.2 Å². The van der Waals surface area contributed by atoms with Crippen molar-refractivity contribution in [1.82, 2.24) is 12.9 Å². The molecule has 24 heavy (non-hydrogen) atoms. The Morgan fingerprint density at radius 1 is 0.917 bits per heavy atom. The first-order valence-electron chi connectivity index (χ1n) is 7.74. The molecule has 1 aliphatic heterocycles. The molecular formula is C14H22BrN3O4S2. The first-order chi connectivity index (χ1) is 11.2. The molecule has 1 aromatic carbocycles. The lowest BCUT2D eigenvalue weighted by atomic mass is 10.4. The Hall–Kier alpha value is -0.520. The molecule has 10 heteroatoms. The van der Waals surface area contributed by atoms with Gasteiger partial charge in [-0.3, -0.25) is 0 Å². The number of rotatable bonds is 6. The van der Waals surface area contributed by atoms with E-state index in [1.807, 2.05) is 0 Å². The SMILES string of the molecule is CCN(CC)S(=O)(=O)N1CCN(S(=O)(=O)c2ccc(Br)cc2)CC1. The summed E-state index contributed by atoms with van der Waals surface area (Å²) in [6, 6.07) is 6.43. The van der Waals surface area contributed by atoms with E-state index in [0.29, 0.717) is 13.1 Å². The van der Waals surface area contributed by atoms with Crippen LogP contribution < -0.4 is 0 Å². The summed E-state index contributed by atoms with van der Waals surface area (Å²) in [5.74, 6) is 0. The van der Waals surface area contributed by atoms with E-state index in [1.54, 1.807) is 38.1 Å². The summed E-state index contributed by atoms with van der Waals surface area (Å²) in [6.07, 6.45) is 0. The Bertz CT molecular complexity index is 754. The number of halogens is 1. The third-order valence-corrected chi connectivity index (χ3v) is 8.64. The number of hydrogen-bond acceptors (Lipinski definition) is 4. The van der Waals surface area contributed by atoms with Crippen molar-refractivity contribution in [2.75, 3.05) is 39.3 Å². The molecule has 0 spiro atoms. The minimum absolute atomic E-state index is 0.152. The third kappa shape index (κ3) is 4.00. The van der Waals surface area contributed by atoms with Crippen molar-refractivity contribution in [3.8, 4) is 0 Å². The minimum Gasteiger partial charge on any atom is -0.207 e. The first-order valence-corrected chi connectivity index (χ1v) is 11.4. The van der Waals surface area contributed by atoms with Crippen molar-refractivity contribution in [2.45, 2.75) is 18.7 Å². The second kappa shape index (κ2) is 7.79. The summed E-state index contributed by atoms with van der Waals surface area (Å²) in [5, 5.41) is 0. The monoisotopic (exact) mass is 439 g/mol. The van der Waals surface area contributed by atoms with Gasteiger partial charge in [0.2, 0.25) is 10.0 Å². The maximum atomic E-state index is 12.6. The quantitative estimate of drug-likeness (QED) is 0.669. The van der Waals surface area contributed by atoms with Crippen LogP contribution in [0.1, 0.15) is 13.8 Å². The van der Waals surface area contributed by atoms with Crippen LogP contribution in [0.4, 0.5) is 0 Å². The predicted molar refractivity (Wildman–Crippen MR) is 96.3 cm³/mol. The molecule has 0 aliphatic carbocycles. The number of piperazine rings is 1. The van der Waals surface area contributed by atoms with E-state index in [9.17, 15) is 16.8 Å². The summed E-state index contributed by atoms with van der Waals surface area (Å²) in [6.45, 7) is 5.00. The Morgan fingerprint density at radius 2 is 1.38 bits per heavy atom. The highest BCUT2D eigenvalue weighted by molar-refractivity contribution is 9.10. The summed E-state index contributed by atoms with van der Waals surface area (Å²) >= 11 is 3.28. The van der Waals surface area contributed by atoms with E-state index in [-0.39, 0.29) is 31.1 Å². The van der Waals surface area contributed by atoms with Crippen LogP contribution in [-0.4, -0.2) is 69.0 Å². The van der Waals surface area contributed by atoms with Crippen LogP contribution in [0.3, 0.4) is 0 Å². The lowest BCUT2D eigenvalue weighted by Crippen LogP contribution is -2.54. The van der Waals surface area contributed by atoms with Crippen molar-refractivity contribution < 1.29 is 16.8 Å². The molecule has 0 amide bonds. The lowest BCUT2D eigenvalue weighted by molar-refractivity contribution is 0.256. The number of benzene rings is 1. The van der Waals surface area contributed by atoms with Crippen LogP contribution >= 0.6 is 15.9 Å². The van der Waals surface area contributed by atoms with Crippen LogP contribution in [0.25, 0.3) is 0 Å². The van der Waals surface area contributed by atoms with Gasteiger partial charge < -0.3 is 0 Å². The molecule has 0 bridgehead atoms. The number of sulfonamides is 1. The second-order valence-electron chi connectivity index (χ2n) is 5.35. The molecular weight excluding hydrogens is 418 g/mol. The molecule has 0 aromatic heterocycles. The molecule has 0 atom stereocenters. The van der Waals surface area contributed by atoms with Gasteiger partial charge in [-0.05, 0) is 24.3 Å². The molecule has 136 valence electrons. The third-order valence-electron chi connectivity index (χ3n) is 4.01. The lowest BCUT2D eigenvalue weighted by Gasteiger charge is -2.35. The van der Waals surface area contributed by atoms with Crippen LogP contribution in [0.5, 0.6) is 0 Å². The van der Waals surface area contributed by atoms with Gasteiger partial charge in [0.1, 0.15) is 0 Å². The van der Waals surface area contributed by atoms with Gasteiger partial charge in [0.15, 0.2) is 0 Å². The zero-order valence-corrected chi connectivity index (χ0v) is 16.9. The summed E-state index contributed by atoms with van der Waals surface area (Å²) < 4.78 is 55.1. The van der Waals surface area contributed by atoms with Crippen molar-refractivity contribution in [3.05, 3.63) is 28.7 Å². The van der Waals surface area contributed by atoms with Crippen LogP contribution in [-0.2, 0) is 20.2 Å². The summed E-state index contributed by atoms with van der Waals surface area (Å²) in [5.41, 5.74) is 0. The van der Waals surface area contributed by atoms with Crippen LogP contribution in [0.15, 0.2) is 33.6 Å². The molecule has 0 radical (unpaired) electrons. The predicted octanol–water partition coefficient (Wildman–Crippen LogP) is 1.34. The zero-order chi connectivity index (χ0) is 18.0. The van der Waals surface area contributed by atoms with Gasteiger partial charge in [-0.15, -0.1) is 0 Å². The molecule has 1 saturated heterocycles. The van der Waals surface area contributed by atoms with E-state index in [1.165, 1.54) is 12.9 Å². The van der Waals surface area contributed by atoms with Crippen molar-refractivity contribution in [2.24, 2.45) is 0 Å². The largest absolute Gasteiger partial charge is 0.282 e. The van der Waals surface area contributed by atoms with Gasteiger partial charge in [-0.2, -0.15) is 21.3 Å². The van der Waals surface area contributed by atoms with Crippen molar-refractivity contribution >= 4 is 36.2 Å². The molecule has 2 rings (SSSR count). The zero-order valence-electron chi connectivity index (χ0n) is 13.7. The summed E-state index contributed by atoms with van der Waals surface area (Å²) in [4.78, 5) is 0.214. The maximum Gasteiger partial charge on any atom is 0.282 e. The van der Waals surface area contributed by atoms with Gasteiger partial charge in [0.05, 0.1) is 4.90 Å². The van der Waals surface area contributed by atoms with Gasteiger partial charge >= 0.3 is 0 Å². The number of hydrogen-bond donors (Lipinski definition) is 0. The fourth-order valence-electron chi connectivity index (χ4n) is 2.61. The van der Waals surface area contributed by atoms with Crippen molar-refractivity contribution in [1.29, 1.82) is 0 Å². The van der Waals surface area contributed by atoms with Gasteiger partial charge in [0, 0.05) is 43.7 Å². The minimum atomic E-state index is -3.60. The Morgan fingerprint density at radius 3 is 1.83 bits per heavy atom. The van der Waals surface area contributed by atoms with E-state index >= 15 is 0 Å². The van der Waals surface area contributed by atoms with Gasteiger partial charge in [-0.25, -0.2) is 8.42 Å². The van der Waals surface area contributed by atoms with Crippen molar-refractivity contribution in [3.63, 3.8) is 0 Å². The average Bonchev–Trinajstić information content (AvgIpc) is 2.56. The Balaban J connectivity index is 2.11. The molecule has 1 fully saturated rings. The smallest absolute Gasteiger partial charge is 0.207 e. The Kier molecular flexibility index (Phi) is 6.43. The topological polar surface area (TPSA) is 78.0 Å². The van der Waals surface area contributed by atoms with E-state index in [2.05, 4.69) is 15.9 Å².